The first-order chi connectivity index (χ1) is 19.2. The third kappa shape index (κ3) is 4.30. The van der Waals surface area contributed by atoms with E-state index in [1.54, 1.807) is 0 Å². The van der Waals surface area contributed by atoms with Crippen molar-refractivity contribution in [1.29, 1.82) is 0 Å². The average molecular weight is 522 g/mol. The molecule has 198 valence electrons. The molecule has 0 spiro atoms. The highest BCUT2D eigenvalue weighted by Gasteiger charge is 2.37. The van der Waals surface area contributed by atoms with Gasteiger partial charge in [0.25, 0.3) is 5.91 Å². The fourth-order valence-corrected chi connectivity index (χ4v) is 5.91. The van der Waals surface area contributed by atoms with E-state index < -0.39 is 0 Å². The Labute approximate surface area is 227 Å². The zero-order valence-electron chi connectivity index (χ0n) is 22.0. The Morgan fingerprint density at radius 3 is 2.49 bits per heavy atom. The topological polar surface area (TPSA) is 71.9 Å². The molecule has 7 rings (SSSR count). The minimum atomic E-state index is -0.348. The van der Waals surface area contributed by atoms with Crippen molar-refractivity contribution in [3.05, 3.63) is 95.2 Å². The highest BCUT2D eigenvalue weighted by molar-refractivity contribution is 5.98. The molecule has 0 radical (unpaired) electrons. The van der Waals surface area contributed by atoms with Crippen molar-refractivity contribution in [2.75, 3.05) is 44.7 Å². The van der Waals surface area contributed by atoms with Gasteiger partial charge >= 0.3 is 0 Å². The highest BCUT2D eigenvalue weighted by Crippen LogP contribution is 2.42. The third-order valence-corrected chi connectivity index (χ3v) is 7.85. The van der Waals surface area contributed by atoms with E-state index in [4.69, 9.17) is 14.5 Å². The number of aromatic nitrogens is 2. The monoisotopic (exact) mass is 521 g/mol. The maximum atomic E-state index is 14.3. The summed E-state index contributed by atoms with van der Waals surface area (Å²) in [5.41, 5.74) is 5.69. The van der Waals surface area contributed by atoms with Gasteiger partial charge in [0, 0.05) is 38.4 Å². The second-order valence-corrected chi connectivity index (χ2v) is 10.3. The molecule has 8 nitrogen and oxygen atoms in total. The molecule has 1 saturated heterocycles. The molecule has 1 aromatic heterocycles. The zero-order valence-corrected chi connectivity index (χ0v) is 22.0. The second-order valence-electron chi connectivity index (χ2n) is 10.3. The minimum absolute atomic E-state index is 0.0580. The largest absolute Gasteiger partial charge is 0.486 e. The number of nitrogens with one attached hydrogen (secondary N) is 1. The lowest BCUT2D eigenvalue weighted by Crippen LogP contribution is -2.49. The van der Waals surface area contributed by atoms with E-state index in [-0.39, 0.29) is 11.9 Å². The zero-order chi connectivity index (χ0) is 26.3. The summed E-state index contributed by atoms with van der Waals surface area (Å²) in [6.07, 6.45) is 0. The van der Waals surface area contributed by atoms with E-state index in [9.17, 15) is 4.79 Å². The predicted octanol–water partition coefficient (Wildman–Crippen LogP) is 4.44. The lowest BCUT2D eigenvalue weighted by atomic mass is 9.93. The molecule has 1 fully saturated rings. The van der Waals surface area contributed by atoms with Crippen LogP contribution in [0.3, 0.4) is 0 Å². The molecular formula is C31H31N5O3. The number of piperazine rings is 1. The minimum Gasteiger partial charge on any atom is -0.486 e. The van der Waals surface area contributed by atoms with Gasteiger partial charge in [-0.2, -0.15) is 0 Å². The number of fused-ring (bicyclic) bond motifs is 4. The van der Waals surface area contributed by atoms with E-state index in [0.29, 0.717) is 32.1 Å². The standard InChI is InChI=1S/C31H31N5O3/c1-21-28(30(37)35-15-13-34(14-16-35)20-22-7-3-2-4-8-22)29(23-11-12-26-27(19-23)39-18-17-38-26)36-25-10-6-5-9-24(25)33-31(36)32-21/h2-12,19,29H,13-18,20H2,1H3,(H,32,33). The van der Waals surface area contributed by atoms with Crippen LogP contribution in [0.2, 0.25) is 0 Å². The van der Waals surface area contributed by atoms with Gasteiger partial charge in [-0.15, -0.1) is 0 Å². The fourth-order valence-electron chi connectivity index (χ4n) is 5.91. The molecule has 4 heterocycles. The van der Waals surface area contributed by atoms with Crippen LogP contribution in [0.15, 0.2) is 84.1 Å². The van der Waals surface area contributed by atoms with Crippen LogP contribution in [0.1, 0.15) is 24.1 Å². The van der Waals surface area contributed by atoms with Crippen molar-refractivity contribution in [1.82, 2.24) is 19.4 Å². The number of imidazole rings is 1. The Kier molecular flexibility index (Phi) is 5.97. The maximum absolute atomic E-state index is 14.3. The van der Waals surface area contributed by atoms with Gasteiger partial charge in [-0.25, -0.2) is 4.98 Å². The first-order valence-electron chi connectivity index (χ1n) is 13.6. The summed E-state index contributed by atoms with van der Waals surface area (Å²) in [7, 11) is 0. The number of hydrogen-bond donors (Lipinski definition) is 1. The number of allylic oxidation sites excluding steroid dienone is 1. The van der Waals surface area contributed by atoms with Crippen molar-refractivity contribution in [2.45, 2.75) is 19.5 Å². The number of rotatable bonds is 4. The Bertz CT molecular complexity index is 1570. The number of ether oxygens (including phenoxy) is 2. The van der Waals surface area contributed by atoms with Crippen LogP contribution in [0.25, 0.3) is 11.0 Å². The van der Waals surface area contributed by atoms with Gasteiger partial charge in [-0.3, -0.25) is 14.3 Å². The number of para-hydroxylation sites is 2. The van der Waals surface area contributed by atoms with E-state index in [2.05, 4.69) is 45.1 Å². The Hall–Kier alpha value is -4.30. The first-order valence-corrected chi connectivity index (χ1v) is 13.6. The third-order valence-electron chi connectivity index (χ3n) is 7.85. The molecule has 4 aromatic rings. The van der Waals surface area contributed by atoms with Crippen LogP contribution in [0.5, 0.6) is 11.5 Å². The summed E-state index contributed by atoms with van der Waals surface area (Å²) < 4.78 is 13.9. The number of carbonyl (C=O) groups excluding carboxylic acids is 1. The number of benzene rings is 3. The van der Waals surface area contributed by atoms with Crippen LogP contribution in [-0.2, 0) is 11.3 Å². The highest BCUT2D eigenvalue weighted by atomic mass is 16.6. The fraction of sp³-hybridized carbons (Fsp3) is 0.290. The molecule has 39 heavy (non-hydrogen) atoms. The van der Waals surface area contributed by atoms with Crippen molar-refractivity contribution in [3.63, 3.8) is 0 Å². The number of hydrogen-bond acceptors (Lipinski definition) is 6. The molecule has 3 aliphatic heterocycles. The molecule has 3 aromatic carbocycles. The molecule has 0 saturated carbocycles. The Balaban J connectivity index is 1.23. The van der Waals surface area contributed by atoms with E-state index >= 15 is 0 Å². The summed E-state index contributed by atoms with van der Waals surface area (Å²) in [6, 6.07) is 24.2. The van der Waals surface area contributed by atoms with Crippen molar-refractivity contribution >= 4 is 22.9 Å². The lowest BCUT2D eigenvalue weighted by molar-refractivity contribution is -0.129. The summed E-state index contributed by atoms with van der Waals surface area (Å²) in [5, 5.41) is 3.44. The van der Waals surface area contributed by atoms with Crippen LogP contribution in [0.4, 0.5) is 5.95 Å². The molecule has 1 amide bonds. The van der Waals surface area contributed by atoms with Gasteiger partial charge < -0.3 is 19.7 Å². The molecular weight excluding hydrogens is 490 g/mol. The average Bonchev–Trinajstić information content (AvgIpc) is 3.34. The molecule has 0 aliphatic carbocycles. The van der Waals surface area contributed by atoms with Gasteiger partial charge in [0.15, 0.2) is 11.5 Å². The van der Waals surface area contributed by atoms with Crippen molar-refractivity contribution in [3.8, 4) is 11.5 Å². The van der Waals surface area contributed by atoms with E-state index in [1.165, 1.54) is 5.56 Å². The Morgan fingerprint density at radius 2 is 1.67 bits per heavy atom. The number of amides is 1. The smallest absolute Gasteiger partial charge is 0.254 e. The quantitative estimate of drug-likeness (QED) is 0.428. The first kappa shape index (κ1) is 23.8. The van der Waals surface area contributed by atoms with Crippen LogP contribution in [-0.4, -0.2) is 64.7 Å². The van der Waals surface area contributed by atoms with E-state index in [0.717, 1.165) is 59.2 Å². The molecule has 8 heteroatoms. The van der Waals surface area contributed by atoms with Gasteiger partial charge in [-0.05, 0) is 42.3 Å². The molecule has 1 unspecified atom stereocenters. The SMILES string of the molecule is CC1=C(C(=O)N2CCN(Cc3ccccc3)CC2)C(c2ccc3c(c2)OCCO3)n2c(nc3ccccc32)N1. The lowest BCUT2D eigenvalue weighted by Gasteiger charge is -2.38. The van der Waals surface area contributed by atoms with Gasteiger partial charge in [0.1, 0.15) is 13.2 Å². The summed E-state index contributed by atoms with van der Waals surface area (Å²) in [6.45, 7) is 6.98. The van der Waals surface area contributed by atoms with E-state index in [1.807, 2.05) is 54.3 Å². The number of nitrogens with zero attached hydrogens (tertiary/aromatic N) is 4. The molecule has 0 bridgehead atoms. The maximum Gasteiger partial charge on any atom is 0.254 e. The molecule has 3 aliphatic rings. The van der Waals surface area contributed by atoms with Crippen LogP contribution >= 0.6 is 0 Å². The second kappa shape index (κ2) is 9.78. The summed E-state index contributed by atoms with van der Waals surface area (Å²) >= 11 is 0. The Morgan fingerprint density at radius 1 is 0.923 bits per heavy atom. The van der Waals surface area contributed by atoms with Crippen molar-refractivity contribution in [2.24, 2.45) is 0 Å². The van der Waals surface area contributed by atoms with Crippen LogP contribution in [0, 0.1) is 0 Å². The van der Waals surface area contributed by atoms with Gasteiger partial charge in [0.05, 0.1) is 22.6 Å². The number of anilines is 1. The normalized spacial score (nSPS) is 19.1. The summed E-state index contributed by atoms with van der Waals surface area (Å²) in [4.78, 5) is 23.6. The van der Waals surface area contributed by atoms with Crippen molar-refractivity contribution < 1.29 is 14.3 Å². The number of carbonyl (C=O) groups is 1. The molecule has 1 N–H and O–H groups in total. The predicted molar refractivity (Wildman–Crippen MR) is 150 cm³/mol. The van der Waals surface area contributed by atoms with Gasteiger partial charge in [0.2, 0.25) is 5.95 Å². The van der Waals surface area contributed by atoms with Gasteiger partial charge in [-0.1, -0.05) is 48.5 Å². The molecule has 1 atom stereocenters. The van der Waals surface area contributed by atoms with Crippen LogP contribution < -0.4 is 14.8 Å². The summed E-state index contributed by atoms with van der Waals surface area (Å²) in [5.74, 6) is 2.24.